The second-order valence-electron chi connectivity index (χ2n) is 9.54. The number of benzene rings is 2. The van der Waals surface area contributed by atoms with Crippen LogP contribution in [-0.2, 0) is 20.9 Å². The lowest BCUT2D eigenvalue weighted by Gasteiger charge is -2.35. The van der Waals surface area contributed by atoms with E-state index in [0.29, 0.717) is 17.7 Å². The van der Waals surface area contributed by atoms with E-state index in [2.05, 4.69) is 10.7 Å². The SMILES string of the molecule is NC(=O)C1NN(CC(=O)N2[C@@H]3CC[C@@H](C3)[C@H]2C(=O)NCc2cc(C(=O)O)cc(Cl)c2F)c2ccccc21. The van der Waals surface area contributed by atoms with Gasteiger partial charge in [0.05, 0.1) is 16.3 Å². The van der Waals surface area contributed by atoms with E-state index in [1.165, 1.54) is 0 Å². The molecule has 5 rings (SSSR count). The number of carbonyl (C=O) groups is 4. The van der Waals surface area contributed by atoms with Gasteiger partial charge in [0.2, 0.25) is 17.7 Å². The van der Waals surface area contributed by atoms with Crippen LogP contribution in [0, 0.1) is 11.7 Å². The highest BCUT2D eigenvalue weighted by Crippen LogP contribution is 2.43. The Bertz CT molecular complexity index is 1310. The number of carboxylic acids is 1. The van der Waals surface area contributed by atoms with Crippen molar-refractivity contribution in [3.63, 3.8) is 0 Å². The van der Waals surface area contributed by atoms with Gasteiger partial charge in [-0.2, -0.15) is 0 Å². The smallest absolute Gasteiger partial charge is 0.335 e. The molecule has 0 aromatic heterocycles. The Balaban J connectivity index is 1.31. The lowest BCUT2D eigenvalue weighted by molar-refractivity contribution is -0.142. The molecule has 1 saturated carbocycles. The molecule has 12 heteroatoms. The second kappa shape index (κ2) is 9.64. The van der Waals surface area contributed by atoms with Gasteiger partial charge in [0.15, 0.2) is 0 Å². The number of amides is 3. The highest BCUT2D eigenvalue weighted by atomic mass is 35.5. The first-order valence-corrected chi connectivity index (χ1v) is 12.3. The minimum Gasteiger partial charge on any atom is -0.478 e. The van der Waals surface area contributed by atoms with Crippen molar-refractivity contribution in [1.29, 1.82) is 0 Å². The van der Waals surface area contributed by atoms with E-state index in [1.807, 2.05) is 0 Å². The number of primary amides is 1. The zero-order valence-corrected chi connectivity index (χ0v) is 20.4. The summed E-state index contributed by atoms with van der Waals surface area (Å²) in [5.74, 6) is -3.42. The van der Waals surface area contributed by atoms with Crippen molar-refractivity contribution in [3.05, 3.63) is 63.9 Å². The zero-order chi connectivity index (χ0) is 26.4. The number of likely N-dealkylation sites (tertiary alicyclic amines) is 1. The molecule has 1 unspecified atom stereocenters. The predicted molar refractivity (Wildman–Crippen MR) is 131 cm³/mol. The van der Waals surface area contributed by atoms with Crippen molar-refractivity contribution >= 4 is 41.0 Å². The van der Waals surface area contributed by atoms with Gasteiger partial charge in [-0.05, 0) is 43.4 Å². The number of piperidine rings is 1. The first kappa shape index (κ1) is 25.0. The van der Waals surface area contributed by atoms with Crippen LogP contribution >= 0.6 is 11.6 Å². The van der Waals surface area contributed by atoms with E-state index in [0.717, 1.165) is 25.0 Å². The number of carboxylic acid groups (broad SMARTS) is 1. The molecule has 2 heterocycles. The Morgan fingerprint density at radius 2 is 1.95 bits per heavy atom. The fourth-order valence-electron chi connectivity index (χ4n) is 5.71. The molecule has 0 radical (unpaired) electrons. The van der Waals surface area contributed by atoms with Gasteiger partial charge in [0.25, 0.3) is 0 Å². The first-order valence-electron chi connectivity index (χ1n) is 11.9. The minimum absolute atomic E-state index is 0.0371. The summed E-state index contributed by atoms with van der Waals surface area (Å²) < 4.78 is 14.5. The lowest BCUT2D eigenvalue weighted by Crippen LogP contribution is -2.56. The number of nitrogens with two attached hydrogens (primary N) is 1. The molecule has 4 atom stereocenters. The molecule has 1 aliphatic carbocycles. The van der Waals surface area contributed by atoms with Crippen molar-refractivity contribution in [2.75, 3.05) is 11.6 Å². The van der Waals surface area contributed by atoms with Crippen LogP contribution in [0.3, 0.4) is 0 Å². The third kappa shape index (κ3) is 4.49. The zero-order valence-electron chi connectivity index (χ0n) is 19.6. The lowest BCUT2D eigenvalue weighted by atomic mass is 9.97. The van der Waals surface area contributed by atoms with Crippen LogP contribution in [-0.4, -0.2) is 52.3 Å². The molecule has 2 aromatic carbocycles. The van der Waals surface area contributed by atoms with Gasteiger partial charge in [-0.1, -0.05) is 29.8 Å². The second-order valence-corrected chi connectivity index (χ2v) is 9.94. The molecule has 194 valence electrons. The van der Waals surface area contributed by atoms with Crippen LogP contribution in [0.25, 0.3) is 0 Å². The van der Waals surface area contributed by atoms with Crippen molar-refractivity contribution in [3.8, 4) is 0 Å². The normalized spacial score (nSPS) is 23.7. The Hall–Kier alpha value is -3.70. The Labute approximate surface area is 216 Å². The number of rotatable bonds is 7. The van der Waals surface area contributed by atoms with Crippen LogP contribution in [0.2, 0.25) is 5.02 Å². The van der Waals surface area contributed by atoms with Gasteiger partial charge in [-0.25, -0.2) is 14.6 Å². The fraction of sp³-hybridized carbons (Fsp3) is 0.360. The molecular weight excluding hydrogens is 505 g/mol. The summed E-state index contributed by atoms with van der Waals surface area (Å²) in [5, 5.41) is 13.1. The number of hydrazine groups is 1. The van der Waals surface area contributed by atoms with Crippen molar-refractivity contribution in [1.82, 2.24) is 15.6 Å². The number of aromatic carboxylic acids is 1. The van der Waals surface area contributed by atoms with Gasteiger partial charge >= 0.3 is 5.97 Å². The highest BCUT2D eigenvalue weighted by Gasteiger charge is 2.51. The number of nitrogens with zero attached hydrogens (tertiary/aromatic N) is 2. The maximum atomic E-state index is 14.5. The Morgan fingerprint density at radius 1 is 1.19 bits per heavy atom. The van der Waals surface area contributed by atoms with Crippen LogP contribution in [0.1, 0.15) is 46.8 Å². The molecule has 5 N–H and O–H groups in total. The molecule has 37 heavy (non-hydrogen) atoms. The molecule has 1 saturated heterocycles. The quantitative estimate of drug-likeness (QED) is 0.427. The van der Waals surface area contributed by atoms with Gasteiger partial charge < -0.3 is 21.1 Å². The van der Waals surface area contributed by atoms with Crippen molar-refractivity contribution < 1.29 is 28.7 Å². The maximum absolute atomic E-state index is 14.5. The van der Waals surface area contributed by atoms with Crippen LogP contribution < -0.4 is 21.5 Å². The summed E-state index contributed by atoms with van der Waals surface area (Å²) in [4.78, 5) is 51.5. The van der Waals surface area contributed by atoms with Crippen LogP contribution in [0.15, 0.2) is 36.4 Å². The summed E-state index contributed by atoms with van der Waals surface area (Å²) >= 11 is 5.82. The molecular formula is C25H25ClFN5O5. The summed E-state index contributed by atoms with van der Waals surface area (Å²) in [7, 11) is 0. The molecule has 0 spiro atoms. The molecule has 2 bridgehead atoms. The minimum atomic E-state index is -1.27. The van der Waals surface area contributed by atoms with Crippen molar-refractivity contribution in [2.24, 2.45) is 11.7 Å². The summed E-state index contributed by atoms with van der Waals surface area (Å²) in [6, 6.07) is 7.65. The number of hydrogen-bond donors (Lipinski definition) is 4. The van der Waals surface area contributed by atoms with E-state index < -0.39 is 35.7 Å². The number of halogens is 2. The van der Waals surface area contributed by atoms with E-state index in [4.69, 9.17) is 17.3 Å². The molecule has 3 aliphatic rings. The van der Waals surface area contributed by atoms with E-state index >= 15 is 0 Å². The van der Waals surface area contributed by atoms with Gasteiger partial charge in [0, 0.05) is 23.7 Å². The highest BCUT2D eigenvalue weighted by molar-refractivity contribution is 6.31. The Morgan fingerprint density at radius 3 is 2.68 bits per heavy atom. The fourth-order valence-corrected chi connectivity index (χ4v) is 5.95. The number of fused-ring (bicyclic) bond motifs is 3. The third-order valence-corrected chi connectivity index (χ3v) is 7.62. The summed E-state index contributed by atoms with van der Waals surface area (Å²) in [6.07, 6.45) is 2.25. The molecule has 2 fully saturated rings. The number of anilines is 1. The average Bonchev–Trinajstić information content (AvgIpc) is 3.58. The number of para-hydroxylation sites is 1. The van der Waals surface area contributed by atoms with E-state index in [9.17, 15) is 28.7 Å². The van der Waals surface area contributed by atoms with E-state index in [-0.39, 0.29) is 47.1 Å². The molecule has 3 amide bonds. The predicted octanol–water partition coefficient (Wildman–Crippen LogP) is 1.72. The van der Waals surface area contributed by atoms with Crippen molar-refractivity contribution in [2.45, 2.75) is 43.9 Å². The van der Waals surface area contributed by atoms with Gasteiger partial charge in [0.1, 0.15) is 24.4 Å². The number of nitrogens with one attached hydrogen (secondary N) is 2. The molecule has 10 nitrogen and oxygen atoms in total. The largest absolute Gasteiger partial charge is 0.478 e. The Kier molecular flexibility index (Phi) is 6.50. The number of carbonyl (C=O) groups excluding carboxylic acids is 3. The van der Waals surface area contributed by atoms with Crippen LogP contribution in [0.4, 0.5) is 10.1 Å². The third-order valence-electron chi connectivity index (χ3n) is 7.35. The van der Waals surface area contributed by atoms with Gasteiger partial charge in [-0.15, -0.1) is 0 Å². The molecule has 2 aromatic rings. The molecule has 2 aliphatic heterocycles. The average molecular weight is 530 g/mol. The monoisotopic (exact) mass is 529 g/mol. The number of hydrogen-bond acceptors (Lipinski definition) is 6. The summed E-state index contributed by atoms with van der Waals surface area (Å²) in [6.45, 7) is -0.387. The van der Waals surface area contributed by atoms with Crippen LogP contribution in [0.5, 0.6) is 0 Å². The summed E-state index contributed by atoms with van der Waals surface area (Å²) in [5.41, 5.74) is 9.58. The van der Waals surface area contributed by atoms with Gasteiger partial charge in [-0.3, -0.25) is 19.4 Å². The maximum Gasteiger partial charge on any atom is 0.335 e. The topological polar surface area (TPSA) is 145 Å². The van der Waals surface area contributed by atoms with E-state index in [1.54, 1.807) is 34.2 Å². The first-order chi connectivity index (χ1) is 17.7. The standard InChI is InChI=1S/C25H25ClFN5O5/c26-17-9-13(25(36)37)7-14(20(17)27)10-29-24(35)22-12-5-6-15(8-12)32(22)19(33)11-31-18-4-2-1-3-16(18)21(30-31)23(28)34/h1-4,7,9,12,15,21-22,30H,5-6,8,10-11H2,(H2,28,34)(H,29,35)(H,36,37)/t12-,15+,21?,22-/m0/s1.